The van der Waals surface area contributed by atoms with Crippen molar-refractivity contribution in [3.63, 3.8) is 0 Å². The van der Waals surface area contributed by atoms with Crippen LogP contribution in [0.5, 0.6) is 0 Å². The van der Waals surface area contributed by atoms with Crippen LogP contribution in [0.15, 0.2) is 0 Å². The van der Waals surface area contributed by atoms with Gasteiger partial charge in [-0.05, 0) is 37.5 Å². The number of carbonyl (C=O) groups excluding carboxylic acids is 4. The summed E-state index contributed by atoms with van der Waals surface area (Å²) in [6.07, 6.45) is 65.5. The lowest BCUT2D eigenvalue weighted by Gasteiger charge is -2.21. The highest BCUT2D eigenvalue weighted by molar-refractivity contribution is 7.47. The quantitative estimate of drug-likeness (QED) is 0.0222. The molecule has 0 bridgehead atoms. The van der Waals surface area contributed by atoms with Crippen molar-refractivity contribution < 1.29 is 80.2 Å². The van der Waals surface area contributed by atoms with Crippen molar-refractivity contribution in [3.8, 4) is 0 Å². The van der Waals surface area contributed by atoms with E-state index in [2.05, 4.69) is 41.5 Å². The molecule has 0 aliphatic carbocycles. The Balaban J connectivity index is 5.18. The summed E-state index contributed by atoms with van der Waals surface area (Å²) in [5, 5.41) is 10.6. The molecule has 6 atom stereocenters. The van der Waals surface area contributed by atoms with E-state index in [1.807, 2.05) is 0 Å². The van der Waals surface area contributed by atoms with Gasteiger partial charge in [-0.2, -0.15) is 0 Å². The summed E-state index contributed by atoms with van der Waals surface area (Å²) < 4.78 is 68.7. The highest BCUT2D eigenvalue weighted by Crippen LogP contribution is 2.45. The van der Waals surface area contributed by atoms with E-state index in [9.17, 15) is 43.2 Å². The van der Waals surface area contributed by atoms with Gasteiger partial charge in [0.1, 0.15) is 19.3 Å². The van der Waals surface area contributed by atoms with Crippen LogP contribution in [-0.2, 0) is 65.4 Å². The number of phosphoric ester groups is 2. The van der Waals surface area contributed by atoms with Gasteiger partial charge in [-0.15, -0.1) is 0 Å². The van der Waals surface area contributed by atoms with Crippen molar-refractivity contribution in [3.05, 3.63) is 0 Å². The van der Waals surface area contributed by atoms with Crippen LogP contribution in [0.4, 0.5) is 0 Å². The van der Waals surface area contributed by atoms with Gasteiger partial charge in [0.2, 0.25) is 0 Å². The molecule has 0 aromatic carbocycles. The topological polar surface area (TPSA) is 237 Å². The average molecular weight is 1490 g/mol. The number of hydrogen-bond donors (Lipinski definition) is 3. The zero-order valence-electron chi connectivity index (χ0n) is 66.9. The predicted molar refractivity (Wildman–Crippen MR) is 418 cm³/mol. The Bertz CT molecular complexity index is 1960. The van der Waals surface area contributed by atoms with E-state index in [0.29, 0.717) is 25.7 Å². The fourth-order valence-corrected chi connectivity index (χ4v) is 14.4. The lowest BCUT2D eigenvalue weighted by molar-refractivity contribution is -0.161. The van der Waals surface area contributed by atoms with Gasteiger partial charge in [0, 0.05) is 25.7 Å². The lowest BCUT2D eigenvalue weighted by Crippen LogP contribution is -2.30. The Kier molecular flexibility index (Phi) is 73.1. The third kappa shape index (κ3) is 74.9. The van der Waals surface area contributed by atoms with Crippen molar-refractivity contribution in [1.29, 1.82) is 0 Å². The Morgan fingerprint density at radius 1 is 0.284 bits per heavy atom. The first-order valence-electron chi connectivity index (χ1n) is 43.0. The predicted octanol–water partition coefficient (Wildman–Crippen LogP) is 25.1. The maximum absolute atomic E-state index is 13.1. The van der Waals surface area contributed by atoms with Crippen LogP contribution >= 0.6 is 15.6 Å². The molecule has 0 aliphatic rings. The van der Waals surface area contributed by atoms with Crippen LogP contribution in [-0.4, -0.2) is 96.7 Å². The van der Waals surface area contributed by atoms with Crippen LogP contribution in [0.1, 0.15) is 440 Å². The number of unbranched alkanes of at least 4 members (excludes halogenated alkanes) is 51. The number of rotatable bonds is 82. The fourth-order valence-electron chi connectivity index (χ4n) is 12.9. The number of phosphoric acid groups is 2. The Morgan fingerprint density at radius 3 is 0.745 bits per heavy atom. The van der Waals surface area contributed by atoms with Crippen molar-refractivity contribution in [2.45, 2.75) is 458 Å². The normalized spacial score (nSPS) is 14.1. The van der Waals surface area contributed by atoms with Crippen molar-refractivity contribution >= 4 is 39.5 Å². The molecule has 3 N–H and O–H groups in total. The van der Waals surface area contributed by atoms with Gasteiger partial charge in [-0.3, -0.25) is 37.3 Å². The molecule has 0 aromatic heterocycles. The van der Waals surface area contributed by atoms with Gasteiger partial charge in [0.25, 0.3) is 0 Å². The maximum atomic E-state index is 13.1. The highest BCUT2D eigenvalue weighted by atomic mass is 31.2. The molecule has 0 saturated heterocycles. The molecule has 0 aliphatic heterocycles. The summed E-state index contributed by atoms with van der Waals surface area (Å²) in [7, 11) is -9.92. The summed E-state index contributed by atoms with van der Waals surface area (Å²) in [6.45, 7) is 9.61. The number of aliphatic hydroxyl groups excluding tert-OH is 1. The summed E-state index contributed by atoms with van der Waals surface area (Å²) in [6, 6.07) is 0. The second-order valence-electron chi connectivity index (χ2n) is 30.6. The van der Waals surface area contributed by atoms with E-state index in [1.165, 1.54) is 257 Å². The number of ether oxygens (including phenoxy) is 4. The largest absolute Gasteiger partial charge is 0.472 e. The maximum Gasteiger partial charge on any atom is 0.472 e. The minimum Gasteiger partial charge on any atom is -0.462 e. The molecular formula is C83H162O17P2. The van der Waals surface area contributed by atoms with E-state index in [1.54, 1.807) is 0 Å². The number of aliphatic hydroxyl groups is 1. The average Bonchev–Trinajstić information content (AvgIpc) is 0.978. The van der Waals surface area contributed by atoms with E-state index in [0.717, 1.165) is 102 Å². The molecule has 19 heteroatoms. The molecule has 0 aromatic rings. The second kappa shape index (κ2) is 74.5. The standard InChI is InChI=1S/C83H162O17P2/c1-7-10-12-14-16-18-20-21-22-23-24-25-26-30-33-36-39-43-47-54-60-66-81(86)93-71-78(99-82(87)67-61-55-48-44-40-37-34-31-28-27-29-32-35-38-41-45-51-57-63-75(4)5)73-97-101(89,90)95-69-77(84)70-96-102(91,92)98-74-79(100-83(88)68-62-56-50-49-52-58-64-76(6)9-3)72-94-80(85)65-59-53-46-42-19-17-15-13-11-8-2/h75-79,84H,7-74H2,1-6H3,(H,89,90)(H,91,92)/t76?,77-,78-,79-/m1/s1. The van der Waals surface area contributed by atoms with Crippen LogP contribution in [0, 0.1) is 11.8 Å². The molecule has 3 unspecified atom stereocenters. The molecule has 0 rings (SSSR count). The van der Waals surface area contributed by atoms with E-state index < -0.39 is 97.5 Å². The number of carbonyl (C=O) groups is 4. The molecule has 0 spiro atoms. The van der Waals surface area contributed by atoms with Gasteiger partial charge in [-0.1, -0.05) is 388 Å². The first kappa shape index (κ1) is 100. The van der Waals surface area contributed by atoms with Gasteiger partial charge < -0.3 is 33.8 Å². The highest BCUT2D eigenvalue weighted by Gasteiger charge is 2.30. The minimum atomic E-state index is -4.96. The summed E-state index contributed by atoms with van der Waals surface area (Å²) in [5.41, 5.74) is 0. The molecule has 0 fully saturated rings. The van der Waals surface area contributed by atoms with Crippen LogP contribution < -0.4 is 0 Å². The van der Waals surface area contributed by atoms with E-state index >= 15 is 0 Å². The molecule has 0 radical (unpaired) electrons. The zero-order chi connectivity index (χ0) is 74.9. The Labute approximate surface area is 626 Å². The monoisotopic (exact) mass is 1490 g/mol. The smallest absolute Gasteiger partial charge is 0.462 e. The number of esters is 4. The van der Waals surface area contributed by atoms with E-state index in [4.69, 9.17) is 37.0 Å². The Morgan fingerprint density at radius 2 is 0.500 bits per heavy atom. The summed E-state index contributed by atoms with van der Waals surface area (Å²) in [5.74, 6) is -0.571. The first-order chi connectivity index (χ1) is 49.4. The molecule has 606 valence electrons. The van der Waals surface area contributed by atoms with Gasteiger partial charge >= 0.3 is 39.5 Å². The second-order valence-corrected chi connectivity index (χ2v) is 33.5. The van der Waals surface area contributed by atoms with Crippen LogP contribution in [0.2, 0.25) is 0 Å². The molecule has 17 nitrogen and oxygen atoms in total. The lowest BCUT2D eigenvalue weighted by atomic mass is 10.00. The fraction of sp³-hybridized carbons (Fsp3) is 0.952. The Hall–Kier alpha value is -1.94. The molecule has 0 heterocycles. The molecular weight excluding hydrogens is 1330 g/mol. The van der Waals surface area contributed by atoms with Gasteiger partial charge in [0.05, 0.1) is 26.4 Å². The molecule has 0 amide bonds. The third-order valence-electron chi connectivity index (χ3n) is 19.8. The summed E-state index contributed by atoms with van der Waals surface area (Å²) >= 11 is 0. The number of hydrogen-bond acceptors (Lipinski definition) is 15. The van der Waals surface area contributed by atoms with Crippen molar-refractivity contribution in [2.24, 2.45) is 11.8 Å². The minimum absolute atomic E-state index is 0.103. The van der Waals surface area contributed by atoms with Crippen LogP contribution in [0.3, 0.4) is 0 Å². The molecule has 102 heavy (non-hydrogen) atoms. The molecule has 0 saturated carbocycles. The zero-order valence-corrected chi connectivity index (χ0v) is 68.7. The SMILES string of the molecule is CCCCCCCCCCCCCCCCCCCCCCCC(=O)OC[C@H](COP(=O)(O)OC[C@@H](O)COP(=O)(O)OC[C@@H](COC(=O)CCCCCCCCCCCC)OC(=O)CCCCCCCCC(C)CC)OC(=O)CCCCCCCCCCCCCCCCCCCCC(C)C. The van der Waals surface area contributed by atoms with Crippen molar-refractivity contribution in [2.75, 3.05) is 39.6 Å². The van der Waals surface area contributed by atoms with Crippen molar-refractivity contribution in [1.82, 2.24) is 0 Å². The first-order valence-corrected chi connectivity index (χ1v) is 46.0. The summed E-state index contributed by atoms with van der Waals surface area (Å²) in [4.78, 5) is 73.0. The van der Waals surface area contributed by atoms with Gasteiger partial charge in [0.15, 0.2) is 12.2 Å². The van der Waals surface area contributed by atoms with Crippen LogP contribution in [0.25, 0.3) is 0 Å². The van der Waals surface area contributed by atoms with Gasteiger partial charge in [-0.25, -0.2) is 9.13 Å². The third-order valence-corrected chi connectivity index (χ3v) is 21.7. The van der Waals surface area contributed by atoms with E-state index in [-0.39, 0.29) is 25.7 Å².